The molecule has 174 valence electrons. The molecule has 0 aliphatic carbocycles. The molecule has 0 aliphatic heterocycles. The van der Waals surface area contributed by atoms with Gasteiger partial charge in [0.25, 0.3) is 0 Å². The van der Waals surface area contributed by atoms with Crippen molar-refractivity contribution in [2.75, 3.05) is 17.8 Å². The van der Waals surface area contributed by atoms with E-state index in [4.69, 9.17) is 10.8 Å². The molecule has 0 aromatic rings. The first-order valence-electron chi connectivity index (χ1n) is 9.67. The summed E-state index contributed by atoms with van der Waals surface area (Å²) in [4.78, 5) is 48.7. The van der Waals surface area contributed by atoms with E-state index in [1.165, 1.54) is 6.92 Å². The SMILES string of the molecule is CCC(C)C(NC(=O)C(N)CCSC)C(=O)NC(CS)C(=O)NC(C(=O)O)C(C)O. The molecule has 0 bridgehead atoms. The highest BCUT2D eigenvalue weighted by Gasteiger charge is 2.32. The zero-order valence-electron chi connectivity index (χ0n) is 17.8. The van der Waals surface area contributed by atoms with Crippen molar-refractivity contribution in [1.82, 2.24) is 16.0 Å². The number of nitrogens with one attached hydrogen (secondary N) is 3. The predicted octanol–water partition coefficient (Wildman–Crippen LogP) is -1.04. The fourth-order valence-corrected chi connectivity index (χ4v) is 3.18. The van der Waals surface area contributed by atoms with Gasteiger partial charge in [-0.1, -0.05) is 20.3 Å². The average Bonchev–Trinajstić information content (AvgIpc) is 2.70. The molecule has 6 atom stereocenters. The second-order valence-corrected chi connectivity index (χ2v) is 8.42. The first-order chi connectivity index (χ1) is 14.0. The van der Waals surface area contributed by atoms with Gasteiger partial charge in [-0.2, -0.15) is 24.4 Å². The Balaban J connectivity index is 5.24. The van der Waals surface area contributed by atoms with Gasteiger partial charge in [-0.15, -0.1) is 0 Å². The summed E-state index contributed by atoms with van der Waals surface area (Å²) in [6.07, 6.45) is 1.60. The van der Waals surface area contributed by atoms with E-state index < -0.39 is 54.0 Å². The third kappa shape index (κ3) is 9.54. The molecule has 0 aromatic heterocycles. The maximum absolute atomic E-state index is 12.8. The highest BCUT2D eigenvalue weighted by molar-refractivity contribution is 7.98. The summed E-state index contributed by atoms with van der Waals surface area (Å²) in [7, 11) is 0. The number of aliphatic hydroxyl groups excluding tert-OH is 1. The number of thiol groups is 1. The van der Waals surface area contributed by atoms with Crippen LogP contribution in [0.5, 0.6) is 0 Å². The Kier molecular flexibility index (Phi) is 13.8. The van der Waals surface area contributed by atoms with Gasteiger partial charge in [-0.05, 0) is 31.3 Å². The van der Waals surface area contributed by atoms with Crippen LogP contribution in [0.1, 0.15) is 33.6 Å². The van der Waals surface area contributed by atoms with Crippen LogP contribution in [0.3, 0.4) is 0 Å². The highest BCUT2D eigenvalue weighted by Crippen LogP contribution is 2.10. The van der Waals surface area contributed by atoms with E-state index in [9.17, 15) is 24.3 Å². The van der Waals surface area contributed by atoms with E-state index in [1.54, 1.807) is 18.7 Å². The minimum atomic E-state index is -1.53. The summed E-state index contributed by atoms with van der Waals surface area (Å²) in [6.45, 7) is 4.86. The van der Waals surface area contributed by atoms with Gasteiger partial charge in [-0.25, -0.2) is 4.79 Å². The molecule has 0 rings (SSSR count). The van der Waals surface area contributed by atoms with Crippen molar-refractivity contribution in [3.05, 3.63) is 0 Å². The van der Waals surface area contributed by atoms with Crippen molar-refractivity contribution in [2.24, 2.45) is 11.7 Å². The van der Waals surface area contributed by atoms with E-state index >= 15 is 0 Å². The number of rotatable bonds is 14. The van der Waals surface area contributed by atoms with Gasteiger partial charge in [0, 0.05) is 5.75 Å². The number of carboxylic acid groups (broad SMARTS) is 1. The summed E-state index contributed by atoms with van der Waals surface area (Å²) in [5.74, 6) is -2.94. The number of carbonyl (C=O) groups is 4. The van der Waals surface area contributed by atoms with E-state index in [2.05, 4.69) is 28.6 Å². The second-order valence-electron chi connectivity index (χ2n) is 7.07. The molecule has 30 heavy (non-hydrogen) atoms. The number of nitrogens with two attached hydrogens (primary N) is 1. The lowest BCUT2D eigenvalue weighted by molar-refractivity contribution is -0.145. The smallest absolute Gasteiger partial charge is 0.328 e. The zero-order valence-corrected chi connectivity index (χ0v) is 19.5. The van der Waals surface area contributed by atoms with E-state index in [1.807, 2.05) is 13.2 Å². The van der Waals surface area contributed by atoms with E-state index in [0.29, 0.717) is 18.6 Å². The van der Waals surface area contributed by atoms with Crippen LogP contribution in [0.2, 0.25) is 0 Å². The van der Waals surface area contributed by atoms with Gasteiger partial charge < -0.3 is 31.9 Å². The number of amides is 3. The van der Waals surface area contributed by atoms with Gasteiger partial charge in [0.05, 0.1) is 12.1 Å². The van der Waals surface area contributed by atoms with Gasteiger partial charge in [0.15, 0.2) is 6.04 Å². The van der Waals surface area contributed by atoms with E-state index in [0.717, 1.165) is 0 Å². The average molecular weight is 467 g/mol. The molecule has 0 radical (unpaired) electrons. The Morgan fingerprint density at radius 3 is 2.03 bits per heavy atom. The lowest BCUT2D eigenvalue weighted by Crippen LogP contribution is -2.60. The lowest BCUT2D eigenvalue weighted by Gasteiger charge is -2.27. The highest BCUT2D eigenvalue weighted by atomic mass is 32.2. The van der Waals surface area contributed by atoms with Crippen LogP contribution in [0.4, 0.5) is 0 Å². The van der Waals surface area contributed by atoms with Crippen molar-refractivity contribution in [1.29, 1.82) is 0 Å². The topological polar surface area (TPSA) is 171 Å². The maximum atomic E-state index is 12.8. The van der Waals surface area contributed by atoms with Crippen molar-refractivity contribution in [2.45, 2.75) is 63.9 Å². The predicted molar refractivity (Wildman–Crippen MR) is 119 cm³/mol. The third-order valence-electron chi connectivity index (χ3n) is 4.62. The molecule has 0 saturated carbocycles. The largest absolute Gasteiger partial charge is 0.480 e. The van der Waals surface area contributed by atoms with Crippen LogP contribution in [0.25, 0.3) is 0 Å². The normalized spacial score (nSPS) is 17.0. The van der Waals surface area contributed by atoms with Crippen LogP contribution >= 0.6 is 24.4 Å². The Morgan fingerprint density at radius 1 is 1.03 bits per heavy atom. The Hall–Kier alpha value is -1.50. The molecule has 0 fully saturated rings. The Labute approximate surface area is 186 Å². The Bertz CT molecular complexity index is 593. The number of aliphatic carboxylic acids is 1. The van der Waals surface area contributed by atoms with Gasteiger partial charge in [0.2, 0.25) is 17.7 Å². The zero-order chi connectivity index (χ0) is 23.4. The molecule has 0 aromatic carbocycles. The van der Waals surface area contributed by atoms with Crippen molar-refractivity contribution in [3.8, 4) is 0 Å². The summed E-state index contributed by atoms with van der Waals surface area (Å²) in [5.41, 5.74) is 5.87. The number of carboxylic acids is 1. The molecule has 7 N–H and O–H groups in total. The molecule has 12 heteroatoms. The van der Waals surface area contributed by atoms with Crippen molar-refractivity contribution >= 4 is 48.1 Å². The van der Waals surface area contributed by atoms with Crippen molar-refractivity contribution < 1.29 is 29.4 Å². The van der Waals surface area contributed by atoms with Gasteiger partial charge in [-0.3, -0.25) is 14.4 Å². The third-order valence-corrected chi connectivity index (χ3v) is 5.63. The number of hydrogen-bond donors (Lipinski definition) is 7. The Morgan fingerprint density at radius 2 is 1.60 bits per heavy atom. The van der Waals surface area contributed by atoms with E-state index in [-0.39, 0.29) is 11.7 Å². The van der Waals surface area contributed by atoms with Crippen LogP contribution in [0.15, 0.2) is 0 Å². The molecule has 0 saturated heterocycles. The molecular formula is C18H34N4O6S2. The first-order valence-corrected chi connectivity index (χ1v) is 11.7. The fraction of sp³-hybridized carbons (Fsp3) is 0.778. The first kappa shape index (κ1) is 28.5. The number of thioether (sulfide) groups is 1. The molecule has 0 spiro atoms. The second kappa shape index (κ2) is 14.5. The van der Waals surface area contributed by atoms with Gasteiger partial charge in [0.1, 0.15) is 12.1 Å². The number of hydrogen-bond acceptors (Lipinski definition) is 8. The fourth-order valence-electron chi connectivity index (χ4n) is 2.44. The molecule has 0 heterocycles. The van der Waals surface area contributed by atoms with Crippen LogP contribution in [0, 0.1) is 5.92 Å². The molecule has 3 amide bonds. The van der Waals surface area contributed by atoms with Crippen LogP contribution in [-0.2, 0) is 19.2 Å². The summed E-state index contributed by atoms with van der Waals surface area (Å²) < 4.78 is 0. The minimum absolute atomic E-state index is 0.113. The van der Waals surface area contributed by atoms with Crippen LogP contribution in [-0.4, -0.2) is 81.9 Å². The summed E-state index contributed by atoms with van der Waals surface area (Å²) in [6, 6.07) is -4.38. The molecule has 6 unspecified atom stereocenters. The number of aliphatic hydroxyl groups is 1. The molecule has 10 nitrogen and oxygen atoms in total. The minimum Gasteiger partial charge on any atom is -0.480 e. The van der Waals surface area contributed by atoms with Crippen LogP contribution < -0.4 is 21.7 Å². The standard InChI is InChI=1S/C18H34N4O6S2/c1-5-9(2)13(21-15(24)11(19)6-7-30-4)17(26)20-12(8-29)16(25)22-14(10(3)23)18(27)28/h9-14,23,29H,5-8,19H2,1-4H3,(H,20,26)(H,21,24)(H,22,25)(H,27,28). The maximum Gasteiger partial charge on any atom is 0.328 e. The molecular weight excluding hydrogens is 432 g/mol. The van der Waals surface area contributed by atoms with Crippen molar-refractivity contribution in [3.63, 3.8) is 0 Å². The summed E-state index contributed by atoms with van der Waals surface area (Å²) >= 11 is 5.60. The summed E-state index contributed by atoms with van der Waals surface area (Å²) in [5, 5.41) is 25.9. The lowest BCUT2D eigenvalue weighted by atomic mass is 9.97. The monoisotopic (exact) mass is 466 g/mol. The quantitative estimate of drug-likeness (QED) is 0.159. The number of carbonyl (C=O) groups excluding carboxylic acids is 3. The molecule has 0 aliphatic rings. The van der Waals surface area contributed by atoms with Gasteiger partial charge >= 0.3 is 5.97 Å².